The Hall–Kier alpha value is -2.12. The Morgan fingerprint density at radius 3 is 2.75 bits per heavy atom. The number of aromatic amines is 1. The number of carbonyl (C=O) groups is 2. The lowest BCUT2D eigenvalue weighted by Gasteiger charge is -2.36. The zero-order chi connectivity index (χ0) is 17.9. The molecule has 1 aliphatic rings. The number of H-pyrrole nitrogens is 1. The fourth-order valence-corrected chi connectivity index (χ4v) is 2.90. The first kappa shape index (κ1) is 18.2. The van der Waals surface area contributed by atoms with Gasteiger partial charge in [-0.05, 0) is 19.8 Å². The number of likely N-dealkylation sites (tertiary alicyclic amines) is 1. The summed E-state index contributed by atoms with van der Waals surface area (Å²) < 4.78 is 4.44. The molecule has 8 heteroatoms. The van der Waals surface area contributed by atoms with Crippen molar-refractivity contribution >= 4 is 11.8 Å². The fraction of sp³-hybridized carbons (Fsp3) is 0.750. The lowest BCUT2D eigenvalue weighted by molar-refractivity contribution is -0.142. The Morgan fingerprint density at radius 2 is 2.17 bits per heavy atom. The predicted molar refractivity (Wildman–Crippen MR) is 87.2 cm³/mol. The molecule has 1 saturated heterocycles. The molecule has 0 bridgehead atoms. The number of piperidine rings is 1. The highest BCUT2D eigenvalue weighted by Crippen LogP contribution is 2.23. The van der Waals surface area contributed by atoms with Crippen molar-refractivity contribution in [3.63, 3.8) is 0 Å². The summed E-state index contributed by atoms with van der Waals surface area (Å²) in [5, 5.41) is 6.52. The van der Waals surface area contributed by atoms with E-state index in [4.69, 9.17) is 0 Å². The first-order chi connectivity index (χ1) is 11.2. The zero-order valence-electron chi connectivity index (χ0n) is 14.7. The Balaban J connectivity index is 1.89. The molecule has 2 amide bonds. The van der Waals surface area contributed by atoms with Gasteiger partial charge in [0.2, 0.25) is 11.8 Å². The number of nitrogens with one attached hydrogen (secondary N) is 2. The summed E-state index contributed by atoms with van der Waals surface area (Å²) in [5.41, 5.74) is -0.440. The van der Waals surface area contributed by atoms with E-state index >= 15 is 0 Å². The Bertz CT molecular complexity index is 643. The molecule has 1 aromatic heterocycles. The minimum absolute atomic E-state index is 0.0697. The van der Waals surface area contributed by atoms with Crippen LogP contribution < -0.4 is 11.1 Å². The maximum absolute atomic E-state index is 12.5. The zero-order valence-corrected chi connectivity index (χ0v) is 14.7. The van der Waals surface area contributed by atoms with Gasteiger partial charge >= 0.3 is 5.76 Å². The molecule has 2 heterocycles. The average molecular weight is 338 g/mol. The van der Waals surface area contributed by atoms with Crippen molar-refractivity contribution in [2.45, 2.75) is 53.0 Å². The number of hydrogen-bond donors (Lipinski definition) is 2. The van der Waals surface area contributed by atoms with Crippen LogP contribution in [0.15, 0.2) is 9.32 Å². The van der Waals surface area contributed by atoms with Crippen molar-refractivity contribution in [1.82, 2.24) is 20.4 Å². The minimum atomic E-state index is -0.604. The van der Waals surface area contributed by atoms with Gasteiger partial charge in [0.25, 0.3) is 0 Å². The summed E-state index contributed by atoms with van der Waals surface area (Å²) in [6.07, 6.45) is 1.98. The van der Waals surface area contributed by atoms with E-state index in [2.05, 4.69) is 20.0 Å². The fourth-order valence-electron chi connectivity index (χ4n) is 2.90. The normalized spacial score (nSPS) is 19.8. The maximum atomic E-state index is 12.5. The van der Waals surface area contributed by atoms with Gasteiger partial charge in [-0.1, -0.05) is 25.9 Å². The van der Waals surface area contributed by atoms with Gasteiger partial charge in [-0.25, -0.2) is 4.79 Å². The molecule has 0 aliphatic carbocycles. The summed E-state index contributed by atoms with van der Waals surface area (Å²) in [6, 6.07) is -0.188. The number of nitrogens with zero attached hydrogens (tertiary/aromatic N) is 2. The third kappa shape index (κ3) is 4.69. The molecule has 0 spiro atoms. The number of hydrogen-bond acceptors (Lipinski definition) is 5. The first-order valence-electron chi connectivity index (χ1n) is 8.31. The summed E-state index contributed by atoms with van der Waals surface area (Å²) in [7, 11) is 0. The molecular weight excluding hydrogens is 312 g/mol. The second-order valence-electron chi connectivity index (χ2n) is 7.50. The molecule has 2 rings (SSSR count). The molecule has 2 atom stereocenters. The lowest BCUT2D eigenvalue weighted by atomic mass is 9.90. The molecule has 24 heavy (non-hydrogen) atoms. The summed E-state index contributed by atoms with van der Waals surface area (Å²) in [5.74, 6) is -0.398. The smallest absolute Gasteiger partial charge is 0.353 e. The van der Waals surface area contributed by atoms with Crippen molar-refractivity contribution in [1.29, 1.82) is 0 Å². The highest BCUT2D eigenvalue weighted by molar-refractivity contribution is 5.84. The lowest BCUT2D eigenvalue weighted by Crippen LogP contribution is -2.50. The molecule has 0 saturated carbocycles. The van der Waals surface area contributed by atoms with E-state index in [9.17, 15) is 14.4 Å². The van der Waals surface area contributed by atoms with Crippen LogP contribution in [0.1, 0.15) is 46.4 Å². The standard InChI is InChI=1S/C16H26N4O4/c1-10(8-12-18-15(23)24-19-12)17-13(21)11-6-5-7-20(9-11)14(22)16(2,3)4/h10-11H,5-9H2,1-4H3,(H,17,21)(H,18,19,23). The van der Waals surface area contributed by atoms with Crippen LogP contribution >= 0.6 is 0 Å². The summed E-state index contributed by atoms with van der Waals surface area (Å²) in [6.45, 7) is 8.66. The minimum Gasteiger partial charge on any atom is -0.353 e. The molecule has 134 valence electrons. The van der Waals surface area contributed by atoms with Crippen LogP contribution in [-0.2, 0) is 16.0 Å². The van der Waals surface area contributed by atoms with E-state index in [0.717, 1.165) is 12.8 Å². The van der Waals surface area contributed by atoms with Gasteiger partial charge in [-0.2, -0.15) is 0 Å². The molecule has 2 N–H and O–H groups in total. The van der Waals surface area contributed by atoms with Crippen LogP contribution in [0.4, 0.5) is 0 Å². The third-order valence-electron chi connectivity index (χ3n) is 4.09. The van der Waals surface area contributed by atoms with Crippen LogP contribution in [0.25, 0.3) is 0 Å². The summed E-state index contributed by atoms with van der Waals surface area (Å²) >= 11 is 0. The second kappa shape index (κ2) is 7.19. The van der Waals surface area contributed by atoms with Crippen molar-refractivity contribution in [3.8, 4) is 0 Å². The van der Waals surface area contributed by atoms with E-state index in [1.54, 1.807) is 4.90 Å². The molecule has 8 nitrogen and oxygen atoms in total. The highest BCUT2D eigenvalue weighted by Gasteiger charge is 2.33. The number of rotatable bonds is 4. The largest absolute Gasteiger partial charge is 0.438 e. The topological polar surface area (TPSA) is 108 Å². The molecule has 1 aromatic rings. The van der Waals surface area contributed by atoms with E-state index < -0.39 is 11.2 Å². The van der Waals surface area contributed by atoms with Crippen molar-refractivity contribution < 1.29 is 14.1 Å². The van der Waals surface area contributed by atoms with Crippen LogP contribution in [0, 0.1) is 11.3 Å². The second-order valence-corrected chi connectivity index (χ2v) is 7.50. The van der Waals surface area contributed by atoms with E-state index in [-0.39, 0.29) is 23.8 Å². The van der Waals surface area contributed by atoms with Crippen LogP contribution in [-0.4, -0.2) is 46.0 Å². The van der Waals surface area contributed by atoms with Gasteiger partial charge in [-0.3, -0.25) is 19.1 Å². The van der Waals surface area contributed by atoms with Crippen LogP contribution in [0.2, 0.25) is 0 Å². The molecule has 0 aromatic carbocycles. The maximum Gasteiger partial charge on any atom is 0.438 e. The van der Waals surface area contributed by atoms with E-state index in [1.807, 2.05) is 27.7 Å². The average Bonchev–Trinajstić information content (AvgIpc) is 2.90. The van der Waals surface area contributed by atoms with Gasteiger partial charge < -0.3 is 10.2 Å². The molecular formula is C16H26N4O4. The van der Waals surface area contributed by atoms with Crippen molar-refractivity contribution in [3.05, 3.63) is 16.4 Å². The van der Waals surface area contributed by atoms with Gasteiger partial charge in [-0.15, -0.1) is 0 Å². The van der Waals surface area contributed by atoms with Crippen molar-refractivity contribution in [2.75, 3.05) is 13.1 Å². The van der Waals surface area contributed by atoms with Gasteiger partial charge in [0.05, 0.1) is 5.92 Å². The van der Waals surface area contributed by atoms with Gasteiger partial charge in [0.15, 0.2) is 5.82 Å². The Kier molecular flexibility index (Phi) is 5.46. The summed E-state index contributed by atoms with van der Waals surface area (Å²) in [4.78, 5) is 40.0. The number of carbonyl (C=O) groups excluding carboxylic acids is 2. The Morgan fingerprint density at radius 1 is 1.46 bits per heavy atom. The Labute approximate surface area is 141 Å². The molecule has 0 radical (unpaired) electrons. The SMILES string of the molecule is CC(Cc1noc(=O)[nH]1)NC(=O)C1CCCN(C(=O)C(C)(C)C)C1. The third-order valence-corrected chi connectivity index (χ3v) is 4.09. The first-order valence-corrected chi connectivity index (χ1v) is 8.31. The van der Waals surface area contributed by atoms with Gasteiger partial charge in [0, 0.05) is 31.0 Å². The van der Waals surface area contributed by atoms with Gasteiger partial charge in [0.1, 0.15) is 0 Å². The predicted octanol–water partition coefficient (Wildman–Crippen LogP) is 0.695. The van der Waals surface area contributed by atoms with Crippen LogP contribution in [0.3, 0.4) is 0 Å². The molecule has 2 unspecified atom stereocenters. The van der Waals surface area contributed by atoms with E-state index in [0.29, 0.717) is 25.3 Å². The monoisotopic (exact) mass is 338 g/mol. The quantitative estimate of drug-likeness (QED) is 0.840. The van der Waals surface area contributed by atoms with E-state index in [1.165, 1.54) is 0 Å². The molecule has 1 fully saturated rings. The molecule has 1 aliphatic heterocycles. The van der Waals surface area contributed by atoms with Crippen LogP contribution in [0.5, 0.6) is 0 Å². The highest BCUT2D eigenvalue weighted by atomic mass is 16.5. The number of amides is 2. The van der Waals surface area contributed by atoms with Crippen molar-refractivity contribution in [2.24, 2.45) is 11.3 Å². The number of aromatic nitrogens is 2.